The van der Waals surface area contributed by atoms with Gasteiger partial charge in [-0.05, 0) is 74.8 Å². The lowest BCUT2D eigenvalue weighted by Gasteiger charge is -2.19. The highest BCUT2D eigenvalue weighted by Gasteiger charge is 2.15. The molecule has 2 aromatic rings. The Labute approximate surface area is 178 Å². The highest BCUT2D eigenvalue weighted by Crippen LogP contribution is 2.27. The molecule has 30 heavy (non-hydrogen) atoms. The van der Waals surface area contributed by atoms with E-state index in [-0.39, 0.29) is 11.5 Å². The molecule has 0 heterocycles. The molecule has 0 aliphatic carbocycles. The largest absolute Gasteiger partial charge is 0.492 e. The zero-order valence-electron chi connectivity index (χ0n) is 18.1. The van der Waals surface area contributed by atoms with Crippen LogP contribution in [0.1, 0.15) is 26.3 Å². The van der Waals surface area contributed by atoms with Gasteiger partial charge in [-0.2, -0.15) is 0 Å². The van der Waals surface area contributed by atoms with E-state index in [1.165, 1.54) is 6.26 Å². The van der Waals surface area contributed by atoms with Gasteiger partial charge in [0.2, 0.25) is 0 Å². The second kappa shape index (κ2) is 9.95. The average molecular weight is 435 g/mol. The quantitative estimate of drug-likeness (QED) is 0.619. The molecule has 2 rings (SSSR count). The average Bonchev–Trinajstić information content (AvgIpc) is 2.63. The Hall–Kier alpha value is -2.58. The fourth-order valence-corrected chi connectivity index (χ4v) is 3.38. The number of carbonyl (C=O) groups excluding carboxylic acids is 1. The van der Waals surface area contributed by atoms with Crippen molar-refractivity contribution < 1.29 is 22.7 Å². The standard InChI is InChI=1S/C22H30N2O5S/c1-22(2,3)29-21(25)24-10-11-28-19-13-16(15-23-4)12-18(14-19)17-6-8-20(9-7-17)30(5,26)27/h6-9,12-14,23H,10-11,15H2,1-5H3,(H,24,25). The molecule has 0 aliphatic heterocycles. The SMILES string of the molecule is CNCc1cc(OCCNC(=O)OC(C)(C)C)cc(-c2ccc(S(C)(=O)=O)cc2)c1. The summed E-state index contributed by atoms with van der Waals surface area (Å²) in [4.78, 5) is 12.0. The van der Waals surface area contributed by atoms with Crippen molar-refractivity contribution in [1.29, 1.82) is 0 Å². The van der Waals surface area contributed by atoms with Crippen LogP contribution in [0.15, 0.2) is 47.4 Å². The van der Waals surface area contributed by atoms with E-state index in [0.717, 1.165) is 16.7 Å². The predicted octanol–water partition coefficient (Wildman–Crippen LogP) is 3.38. The molecule has 0 atom stereocenters. The molecule has 164 valence electrons. The summed E-state index contributed by atoms with van der Waals surface area (Å²) in [5, 5.41) is 5.77. The number of hydrogen-bond donors (Lipinski definition) is 2. The lowest BCUT2D eigenvalue weighted by molar-refractivity contribution is 0.0520. The fraction of sp³-hybridized carbons (Fsp3) is 0.409. The van der Waals surface area contributed by atoms with Gasteiger partial charge < -0.3 is 20.1 Å². The highest BCUT2D eigenvalue weighted by atomic mass is 32.2. The molecular formula is C22H30N2O5S. The Balaban J connectivity index is 2.09. The molecular weight excluding hydrogens is 404 g/mol. The lowest BCUT2D eigenvalue weighted by atomic mass is 10.0. The second-order valence-electron chi connectivity index (χ2n) is 7.97. The third-order valence-electron chi connectivity index (χ3n) is 4.00. The van der Waals surface area contributed by atoms with Crippen LogP contribution in [0.25, 0.3) is 11.1 Å². The normalized spacial score (nSPS) is 11.8. The number of benzene rings is 2. The predicted molar refractivity (Wildman–Crippen MR) is 117 cm³/mol. The summed E-state index contributed by atoms with van der Waals surface area (Å²) in [6.07, 6.45) is 0.703. The minimum atomic E-state index is -3.24. The van der Waals surface area contributed by atoms with E-state index >= 15 is 0 Å². The maximum Gasteiger partial charge on any atom is 0.407 e. The van der Waals surface area contributed by atoms with Gasteiger partial charge in [-0.3, -0.25) is 0 Å². The monoisotopic (exact) mass is 434 g/mol. The van der Waals surface area contributed by atoms with Gasteiger partial charge in [-0.15, -0.1) is 0 Å². The van der Waals surface area contributed by atoms with Crippen LogP contribution < -0.4 is 15.4 Å². The van der Waals surface area contributed by atoms with E-state index in [2.05, 4.69) is 10.6 Å². The van der Waals surface area contributed by atoms with Crippen molar-refractivity contribution in [2.75, 3.05) is 26.5 Å². The lowest BCUT2D eigenvalue weighted by Crippen LogP contribution is -2.34. The van der Waals surface area contributed by atoms with Crippen LogP contribution in [0.4, 0.5) is 4.79 Å². The Bertz CT molecular complexity index is 964. The Morgan fingerprint density at radius 3 is 2.27 bits per heavy atom. The summed E-state index contributed by atoms with van der Waals surface area (Å²) in [5.41, 5.74) is 2.28. The van der Waals surface area contributed by atoms with Gasteiger partial charge in [0, 0.05) is 12.8 Å². The Kier molecular flexibility index (Phi) is 7.86. The molecule has 2 aromatic carbocycles. The molecule has 0 aliphatic rings. The van der Waals surface area contributed by atoms with Crippen LogP contribution in [-0.2, 0) is 21.1 Å². The van der Waals surface area contributed by atoms with Crippen LogP contribution in [0, 0.1) is 0 Å². The number of sulfone groups is 1. The first-order valence-electron chi connectivity index (χ1n) is 9.66. The molecule has 0 aromatic heterocycles. The summed E-state index contributed by atoms with van der Waals surface area (Å²) < 4.78 is 34.4. The summed E-state index contributed by atoms with van der Waals surface area (Å²) in [5.74, 6) is 0.663. The molecule has 0 fully saturated rings. The van der Waals surface area contributed by atoms with Gasteiger partial charge in [-0.25, -0.2) is 13.2 Å². The molecule has 0 radical (unpaired) electrons. The second-order valence-corrected chi connectivity index (χ2v) is 9.99. The number of amides is 1. The molecule has 0 saturated heterocycles. The number of hydrogen-bond acceptors (Lipinski definition) is 6. The van der Waals surface area contributed by atoms with Crippen LogP contribution >= 0.6 is 0 Å². The number of carbonyl (C=O) groups is 1. The first kappa shape index (κ1) is 23.7. The van der Waals surface area contributed by atoms with Gasteiger partial charge in [0.05, 0.1) is 11.4 Å². The van der Waals surface area contributed by atoms with Gasteiger partial charge in [-0.1, -0.05) is 12.1 Å². The number of ether oxygens (including phenoxy) is 2. The van der Waals surface area contributed by atoms with Crippen LogP contribution in [0.2, 0.25) is 0 Å². The summed E-state index contributed by atoms with van der Waals surface area (Å²) in [6.45, 7) is 6.67. The third-order valence-corrected chi connectivity index (χ3v) is 5.13. The molecule has 0 bridgehead atoms. The van der Waals surface area contributed by atoms with E-state index in [9.17, 15) is 13.2 Å². The van der Waals surface area contributed by atoms with Crippen molar-refractivity contribution in [3.8, 4) is 16.9 Å². The van der Waals surface area contributed by atoms with E-state index in [0.29, 0.717) is 18.8 Å². The van der Waals surface area contributed by atoms with Crippen molar-refractivity contribution in [3.63, 3.8) is 0 Å². The van der Waals surface area contributed by atoms with E-state index in [1.807, 2.05) is 25.2 Å². The van der Waals surface area contributed by atoms with Gasteiger partial charge in [0.15, 0.2) is 9.84 Å². The molecule has 0 saturated carbocycles. The van der Waals surface area contributed by atoms with Crippen molar-refractivity contribution in [2.45, 2.75) is 37.8 Å². The zero-order valence-corrected chi connectivity index (χ0v) is 18.9. The molecule has 1 amide bonds. The van der Waals surface area contributed by atoms with Gasteiger partial charge >= 0.3 is 6.09 Å². The van der Waals surface area contributed by atoms with Crippen molar-refractivity contribution in [3.05, 3.63) is 48.0 Å². The third kappa shape index (κ3) is 7.68. The molecule has 8 heteroatoms. The minimum absolute atomic E-state index is 0.280. The first-order chi connectivity index (χ1) is 14.0. The zero-order chi connectivity index (χ0) is 22.4. The highest BCUT2D eigenvalue weighted by molar-refractivity contribution is 7.90. The van der Waals surface area contributed by atoms with Crippen LogP contribution in [-0.4, -0.2) is 46.6 Å². The topological polar surface area (TPSA) is 93.7 Å². The van der Waals surface area contributed by atoms with Gasteiger partial charge in [0.25, 0.3) is 0 Å². The van der Waals surface area contributed by atoms with Gasteiger partial charge in [0.1, 0.15) is 18.0 Å². The fourth-order valence-electron chi connectivity index (χ4n) is 2.75. The Morgan fingerprint density at radius 2 is 1.70 bits per heavy atom. The molecule has 0 unspecified atom stereocenters. The van der Waals surface area contributed by atoms with Crippen LogP contribution in [0.5, 0.6) is 5.75 Å². The first-order valence-corrected chi connectivity index (χ1v) is 11.6. The van der Waals surface area contributed by atoms with Crippen LogP contribution in [0.3, 0.4) is 0 Å². The van der Waals surface area contributed by atoms with Crippen molar-refractivity contribution in [1.82, 2.24) is 10.6 Å². The summed E-state index contributed by atoms with van der Waals surface area (Å²) in [7, 11) is -1.38. The number of nitrogens with one attached hydrogen (secondary N) is 2. The summed E-state index contributed by atoms with van der Waals surface area (Å²) >= 11 is 0. The molecule has 0 spiro atoms. The van der Waals surface area contributed by atoms with E-state index in [1.54, 1.807) is 45.0 Å². The van der Waals surface area contributed by atoms with E-state index < -0.39 is 21.5 Å². The van der Waals surface area contributed by atoms with Crippen molar-refractivity contribution in [2.24, 2.45) is 0 Å². The number of rotatable bonds is 8. The smallest absolute Gasteiger partial charge is 0.407 e. The molecule has 7 nitrogen and oxygen atoms in total. The maximum absolute atomic E-state index is 11.7. The molecule has 2 N–H and O–H groups in total. The summed E-state index contributed by atoms with van der Waals surface area (Å²) in [6, 6.07) is 12.6. The van der Waals surface area contributed by atoms with Crippen molar-refractivity contribution >= 4 is 15.9 Å². The Morgan fingerprint density at radius 1 is 1.03 bits per heavy atom. The number of alkyl carbamates (subject to hydrolysis) is 1. The maximum atomic E-state index is 11.7. The van der Waals surface area contributed by atoms with E-state index in [4.69, 9.17) is 9.47 Å². The minimum Gasteiger partial charge on any atom is -0.492 e.